The van der Waals surface area contributed by atoms with Crippen LogP contribution in [0.2, 0.25) is 0 Å². The zero-order chi connectivity index (χ0) is 20.3. The zero-order valence-corrected chi connectivity index (χ0v) is 18.0. The molecule has 1 saturated heterocycles. The minimum Gasteiger partial charge on any atom is -0.379 e. The first-order chi connectivity index (χ1) is 14.8. The summed E-state index contributed by atoms with van der Waals surface area (Å²) < 4.78 is 7.21. The maximum atomic E-state index is 13.2. The number of fused-ring (bicyclic) bond motifs is 3. The molecular weight excluding hydrogens is 396 g/mol. The maximum absolute atomic E-state index is 13.2. The fourth-order valence-electron chi connectivity index (χ4n) is 4.47. The van der Waals surface area contributed by atoms with Gasteiger partial charge < -0.3 is 10.1 Å². The van der Waals surface area contributed by atoms with Gasteiger partial charge >= 0.3 is 0 Å². The molecule has 1 fully saturated rings. The number of thiophene rings is 1. The van der Waals surface area contributed by atoms with E-state index in [2.05, 4.69) is 39.5 Å². The third-order valence-electron chi connectivity index (χ3n) is 6.23. The second-order valence-corrected chi connectivity index (χ2v) is 9.27. The van der Waals surface area contributed by atoms with Gasteiger partial charge in [-0.05, 0) is 30.4 Å². The summed E-state index contributed by atoms with van der Waals surface area (Å²) >= 11 is 1.70. The molecule has 3 heterocycles. The van der Waals surface area contributed by atoms with Crippen molar-refractivity contribution in [2.45, 2.75) is 38.4 Å². The maximum Gasteiger partial charge on any atom is 0.262 e. The second kappa shape index (κ2) is 8.98. The van der Waals surface area contributed by atoms with Crippen LogP contribution in [0.3, 0.4) is 0 Å². The molecule has 2 aromatic heterocycles. The van der Waals surface area contributed by atoms with E-state index in [0.29, 0.717) is 12.6 Å². The lowest BCUT2D eigenvalue weighted by atomic mass is 9.93. The van der Waals surface area contributed by atoms with Crippen molar-refractivity contribution in [3.63, 3.8) is 0 Å². The van der Waals surface area contributed by atoms with Crippen molar-refractivity contribution < 1.29 is 4.74 Å². The van der Waals surface area contributed by atoms with Gasteiger partial charge in [0.1, 0.15) is 4.83 Å². The molecule has 0 unspecified atom stereocenters. The van der Waals surface area contributed by atoms with Gasteiger partial charge in [-0.2, -0.15) is 0 Å². The molecule has 0 amide bonds. The van der Waals surface area contributed by atoms with Crippen LogP contribution in [-0.2, 0) is 30.7 Å². The minimum absolute atomic E-state index is 0.126. The number of aromatic nitrogens is 2. The number of benzene rings is 1. The smallest absolute Gasteiger partial charge is 0.262 e. The molecule has 1 aliphatic heterocycles. The molecule has 0 bridgehead atoms. The summed E-state index contributed by atoms with van der Waals surface area (Å²) in [7, 11) is 0. The Labute approximate surface area is 180 Å². The van der Waals surface area contributed by atoms with Crippen LogP contribution < -0.4 is 10.9 Å². The van der Waals surface area contributed by atoms with Crippen molar-refractivity contribution >= 4 is 21.6 Å². The SMILES string of the molecule is O=c1c2c3c(sc2ncn1CCN1CCOCC1)C[C@@H](NCc1ccccc1)CC3. The molecule has 1 aliphatic carbocycles. The second-order valence-electron chi connectivity index (χ2n) is 8.19. The lowest BCUT2D eigenvalue weighted by Crippen LogP contribution is -2.39. The highest BCUT2D eigenvalue weighted by atomic mass is 32.1. The molecule has 0 saturated carbocycles. The first-order valence-corrected chi connectivity index (χ1v) is 11.7. The monoisotopic (exact) mass is 424 g/mol. The Bertz CT molecular complexity index is 1060. The predicted octanol–water partition coefficient (Wildman–Crippen LogP) is 2.44. The number of rotatable bonds is 6. The van der Waals surface area contributed by atoms with Gasteiger partial charge in [0, 0.05) is 43.6 Å². The van der Waals surface area contributed by atoms with Crippen LogP contribution in [-0.4, -0.2) is 53.3 Å². The molecule has 158 valence electrons. The number of hydrogen-bond donors (Lipinski definition) is 1. The fourth-order valence-corrected chi connectivity index (χ4v) is 5.72. The molecule has 6 nitrogen and oxygen atoms in total. The molecule has 0 radical (unpaired) electrons. The Balaban J connectivity index is 1.29. The summed E-state index contributed by atoms with van der Waals surface area (Å²) in [5, 5.41) is 4.55. The van der Waals surface area contributed by atoms with E-state index in [0.717, 1.165) is 68.9 Å². The van der Waals surface area contributed by atoms with E-state index in [1.54, 1.807) is 22.2 Å². The lowest BCUT2D eigenvalue weighted by molar-refractivity contribution is 0.0362. The Morgan fingerprint density at radius 1 is 1.17 bits per heavy atom. The molecule has 1 atom stereocenters. The summed E-state index contributed by atoms with van der Waals surface area (Å²) in [6.45, 7) is 5.89. The highest BCUT2D eigenvalue weighted by Crippen LogP contribution is 2.33. The highest BCUT2D eigenvalue weighted by molar-refractivity contribution is 7.18. The van der Waals surface area contributed by atoms with E-state index >= 15 is 0 Å². The largest absolute Gasteiger partial charge is 0.379 e. The molecule has 2 aliphatic rings. The average Bonchev–Trinajstić information content (AvgIpc) is 3.17. The standard InChI is InChI=1S/C23H28N4O2S/c28-23-21-19-7-6-18(24-15-17-4-2-1-3-5-17)14-20(19)30-22(21)25-16-27(23)9-8-26-10-12-29-13-11-26/h1-5,16,18,24H,6-15H2/t18-/m0/s1. The summed E-state index contributed by atoms with van der Waals surface area (Å²) in [4.78, 5) is 22.4. The van der Waals surface area contributed by atoms with Crippen LogP contribution in [0.25, 0.3) is 10.2 Å². The summed E-state index contributed by atoms with van der Waals surface area (Å²) in [5.74, 6) is 0. The molecule has 0 spiro atoms. The first-order valence-electron chi connectivity index (χ1n) is 10.8. The third kappa shape index (κ3) is 4.21. The number of nitrogens with zero attached hydrogens (tertiary/aromatic N) is 3. The van der Waals surface area contributed by atoms with Crippen LogP contribution >= 0.6 is 11.3 Å². The first kappa shape index (κ1) is 19.9. The quantitative estimate of drug-likeness (QED) is 0.659. The number of aryl methyl sites for hydroxylation is 1. The van der Waals surface area contributed by atoms with Crippen LogP contribution in [0, 0.1) is 0 Å². The topological polar surface area (TPSA) is 59.4 Å². The van der Waals surface area contributed by atoms with Gasteiger partial charge in [-0.25, -0.2) is 4.98 Å². The lowest BCUT2D eigenvalue weighted by Gasteiger charge is -2.26. The fraction of sp³-hybridized carbons (Fsp3) is 0.478. The van der Waals surface area contributed by atoms with Gasteiger partial charge in [-0.15, -0.1) is 11.3 Å². The molecule has 1 aromatic carbocycles. The van der Waals surface area contributed by atoms with E-state index in [1.807, 2.05) is 6.07 Å². The Morgan fingerprint density at radius 3 is 2.83 bits per heavy atom. The van der Waals surface area contributed by atoms with E-state index in [9.17, 15) is 4.79 Å². The number of morpholine rings is 1. The molecule has 1 N–H and O–H groups in total. The summed E-state index contributed by atoms with van der Waals surface area (Å²) in [6.07, 6.45) is 4.73. The molecule has 5 rings (SSSR count). The van der Waals surface area contributed by atoms with Crippen molar-refractivity contribution in [1.29, 1.82) is 0 Å². The highest BCUT2D eigenvalue weighted by Gasteiger charge is 2.25. The molecule has 3 aromatic rings. The van der Waals surface area contributed by atoms with Crippen molar-refractivity contribution in [2.24, 2.45) is 0 Å². The number of ether oxygens (including phenoxy) is 1. The summed E-state index contributed by atoms with van der Waals surface area (Å²) in [5.41, 5.74) is 2.68. The van der Waals surface area contributed by atoms with Crippen LogP contribution in [0.15, 0.2) is 41.5 Å². The van der Waals surface area contributed by atoms with Crippen molar-refractivity contribution in [2.75, 3.05) is 32.8 Å². The van der Waals surface area contributed by atoms with Gasteiger partial charge in [0.05, 0.1) is 24.9 Å². The van der Waals surface area contributed by atoms with Gasteiger partial charge in [-0.3, -0.25) is 14.3 Å². The van der Waals surface area contributed by atoms with Crippen molar-refractivity contribution in [3.8, 4) is 0 Å². The Hall–Kier alpha value is -2.06. The van der Waals surface area contributed by atoms with Crippen molar-refractivity contribution in [1.82, 2.24) is 19.8 Å². The normalized spacial score (nSPS) is 19.8. The molecular formula is C23H28N4O2S. The van der Waals surface area contributed by atoms with E-state index in [-0.39, 0.29) is 5.56 Å². The van der Waals surface area contributed by atoms with E-state index < -0.39 is 0 Å². The summed E-state index contributed by atoms with van der Waals surface area (Å²) in [6, 6.07) is 11.0. The Kier molecular flexibility index (Phi) is 5.95. The predicted molar refractivity (Wildman–Crippen MR) is 120 cm³/mol. The van der Waals surface area contributed by atoms with Gasteiger partial charge in [0.2, 0.25) is 0 Å². The van der Waals surface area contributed by atoms with Crippen LogP contribution in [0.4, 0.5) is 0 Å². The Morgan fingerprint density at radius 2 is 2.00 bits per heavy atom. The van der Waals surface area contributed by atoms with E-state index in [4.69, 9.17) is 4.74 Å². The van der Waals surface area contributed by atoms with Gasteiger partial charge in [-0.1, -0.05) is 30.3 Å². The van der Waals surface area contributed by atoms with Crippen LogP contribution in [0.5, 0.6) is 0 Å². The van der Waals surface area contributed by atoms with Crippen molar-refractivity contribution in [3.05, 3.63) is 63.0 Å². The van der Waals surface area contributed by atoms with E-state index in [1.165, 1.54) is 16.0 Å². The van der Waals surface area contributed by atoms with Crippen LogP contribution in [0.1, 0.15) is 22.4 Å². The minimum atomic E-state index is 0.126. The molecule has 7 heteroatoms. The third-order valence-corrected chi connectivity index (χ3v) is 7.40. The molecule has 30 heavy (non-hydrogen) atoms. The number of nitrogens with one attached hydrogen (secondary N) is 1. The van der Waals surface area contributed by atoms with Gasteiger partial charge in [0.25, 0.3) is 5.56 Å². The average molecular weight is 425 g/mol. The zero-order valence-electron chi connectivity index (χ0n) is 17.2. The van der Waals surface area contributed by atoms with Gasteiger partial charge in [0.15, 0.2) is 0 Å². The number of hydrogen-bond acceptors (Lipinski definition) is 6.